The number of rotatable bonds is 6. The third kappa shape index (κ3) is 7.79. The number of alkyl carbamates (subject to hydrolysis) is 1. The van der Waals surface area contributed by atoms with Gasteiger partial charge in [0.1, 0.15) is 11.7 Å². The summed E-state index contributed by atoms with van der Waals surface area (Å²) >= 11 is 0. The van der Waals surface area contributed by atoms with Crippen molar-refractivity contribution < 1.29 is 37.7 Å². The van der Waals surface area contributed by atoms with Gasteiger partial charge in [0.05, 0.1) is 11.8 Å². The van der Waals surface area contributed by atoms with Crippen LogP contribution in [0.25, 0.3) is 0 Å². The largest absolute Gasteiger partial charge is 0.573 e. The third-order valence-electron chi connectivity index (χ3n) is 3.07. The van der Waals surface area contributed by atoms with E-state index in [9.17, 15) is 28.2 Å². The molecule has 0 bridgehead atoms. The topological polar surface area (TPSA) is 114 Å². The number of hydrogen-bond acceptors (Lipinski definition) is 6. The fourth-order valence-corrected chi connectivity index (χ4v) is 1.98. The van der Waals surface area contributed by atoms with Crippen molar-refractivity contribution in [3.05, 3.63) is 23.8 Å². The Morgan fingerprint density at radius 1 is 1.27 bits per heavy atom. The third-order valence-corrected chi connectivity index (χ3v) is 3.07. The lowest BCUT2D eigenvalue weighted by atomic mass is 10.0. The van der Waals surface area contributed by atoms with Gasteiger partial charge in [-0.15, -0.1) is 13.2 Å². The highest BCUT2D eigenvalue weighted by atomic mass is 19.4. The number of nitrogens with two attached hydrogens (primary N) is 1. The molecule has 1 aromatic carbocycles. The molecule has 0 spiro atoms. The molecule has 2 atom stereocenters. The number of carbonyl (C=O) groups excluding carboxylic acids is 1. The fourth-order valence-electron chi connectivity index (χ4n) is 1.98. The second kappa shape index (κ2) is 8.45. The van der Waals surface area contributed by atoms with Crippen LogP contribution in [-0.2, 0) is 4.74 Å². The first kappa shape index (κ1) is 21.8. The van der Waals surface area contributed by atoms with Crippen LogP contribution in [0.4, 0.5) is 23.7 Å². The highest BCUT2D eigenvalue weighted by molar-refractivity contribution is 5.67. The van der Waals surface area contributed by atoms with Crippen molar-refractivity contribution in [3.63, 3.8) is 0 Å². The van der Waals surface area contributed by atoms with Crippen molar-refractivity contribution in [1.29, 1.82) is 0 Å². The number of amides is 1. The molecule has 1 aromatic rings. The van der Waals surface area contributed by atoms with Gasteiger partial charge in [-0.25, -0.2) is 4.79 Å². The van der Waals surface area contributed by atoms with Gasteiger partial charge in [0.2, 0.25) is 0 Å². The van der Waals surface area contributed by atoms with E-state index in [0.717, 1.165) is 18.2 Å². The predicted octanol–water partition coefficient (Wildman–Crippen LogP) is 2.48. The summed E-state index contributed by atoms with van der Waals surface area (Å²) in [6.45, 7) is 5.11. The summed E-state index contributed by atoms with van der Waals surface area (Å²) in [7, 11) is 0. The minimum Gasteiger partial charge on any atom is -0.444 e. The number of aliphatic hydroxyl groups excluding tert-OH is 2. The van der Waals surface area contributed by atoms with Crippen molar-refractivity contribution in [2.24, 2.45) is 0 Å². The first-order valence-electron chi connectivity index (χ1n) is 7.76. The molecule has 0 aliphatic heterocycles. The average Bonchev–Trinajstić information content (AvgIpc) is 2.45. The molecule has 0 aliphatic rings. The van der Waals surface area contributed by atoms with Crippen LogP contribution in [0.2, 0.25) is 0 Å². The normalized spacial score (nSPS) is 14.5. The summed E-state index contributed by atoms with van der Waals surface area (Å²) < 4.78 is 45.4. The monoisotopic (exact) mass is 380 g/mol. The maximum absolute atomic E-state index is 12.2. The Morgan fingerprint density at radius 2 is 1.88 bits per heavy atom. The summed E-state index contributed by atoms with van der Waals surface area (Å²) in [5.74, 6) is -0.602. The van der Waals surface area contributed by atoms with Gasteiger partial charge in [0.15, 0.2) is 5.75 Å². The van der Waals surface area contributed by atoms with Crippen LogP contribution in [-0.4, -0.2) is 40.9 Å². The molecule has 26 heavy (non-hydrogen) atoms. The Morgan fingerprint density at radius 3 is 2.38 bits per heavy atom. The van der Waals surface area contributed by atoms with E-state index in [1.54, 1.807) is 20.8 Å². The summed E-state index contributed by atoms with van der Waals surface area (Å²) in [6.07, 6.45) is -8.25. The van der Waals surface area contributed by atoms with Crippen molar-refractivity contribution in [2.45, 2.75) is 51.4 Å². The molecule has 0 aromatic heterocycles. The number of alkyl halides is 3. The van der Waals surface area contributed by atoms with Crippen LogP contribution in [0, 0.1) is 0 Å². The minimum absolute atomic E-state index is 0.0128. The van der Waals surface area contributed by atoms with Crippen molar-refractivity contribution in [2.75, 3.05) is 12.3 Å². The van der Waals surface area contributed by atoms with Crippen molar-refractivity contribution in [1.82, 2.24) is 5.32 Å². The van der Waals surface area contributed by atoms with E-state index in [2.05, 4.69) is 10.1 Å². The van der Waals surface area contributed by atoms with Crippen LogP contribution in [0.1, 0.15) is 38.9 Å². The number of nitrogen functional groups attached to an aromatic ring is 1. The molecule has 7 nitrogen and oxygen atoms in total. The molecule has 5 N–H and O–H groups in total. The van der Waals surface area contributed by atoms with Crippen LogP contribution >= 0.6 is 0 Å². The second-order valence-electron chi connectivity index (χ2n) is 6.57. The molecule has 0 fully saturated rings. The fraction of sp³-hybridized carbons (Fsp3) is 0.562. The summed E-state index contributed by atoms with van der Waals surface area (Å²) in [5, 5.41) is 22.5. The lowest BCUT2D eigenvalue weighted by Crippen LogP contribution is -2.34. The SMILES string of the molecule is CC(C)(C)OC(=O)NCCC(O)C(O)c1ccc(OC(F)(F)F)c(N)c1. The smallest absolute Gasteiger partial charge is 0.444 e. The van der Waals surface area contributed by atoms with E-state index in [-0.39, 0.29) is 24.2 Å². The zero-order valence-corrected chi connectivity index (χ0v) is 14.6. The molecule has 1 rings (SSSR count). The van der Waals surface area contributed by atoms with E-state index in [1.165, 1.54) is 0 Å². The Hall–Kier alpha value is -2.20. The second-order valence-corrected chi connectivity index (χ2v) is 6.57. The number of anilines is 1. The molecule has 148 valence electrons. The molecule has 1 amide bonds. The number of nitrogens with one attached hydrogen (secondary N) is 1. The van der Waals surface area contributed by atoms with Crippen LogP contribution in [0.15, 0.2) is 18.2 Å². The van der Waals surface area contributed by atoms with Crippen LogP contribution < -0.4 is 15.8 Å². The number of aliphatic hydroxyl groups is 2. The average molecular weight is 380 g/mol. The van der Waals surface area contributed by atoms with E-state index < -0.39 is 36.0 Å². The lowest BCUT2D eigenvalue weighted by Gasteiger charge is -2.21. The standard InChI is InChI=1S/C16H23F3N2O5/c1-15(2,3)26-14(24)21-7-6-11(22)13(23)9-4-5-12(10(20)8-9)25-16(17,18)19/h4-5,8,11,13,22-23H,6-7,20H2,1-3H3,(H,21,24). The van der Waals surface area contributed by atoms with Gasteiger partial charge in [-0.2, -0.15) is 0 Å². The van der Waals surface area contributed by atoms with Gasteiger partial charge >= 0.3 is 12.5 Å². The number of halogens is 3. The molecule has 0 aliphatic carbocycles. The van der Waals surface area contributed by atoms with Gasteiger partial charge < -0.3 is 30.7 Å². The minimum atomic E-state index is -4.89. The Bertz CT molecular complexity index is 617. The van der Waals surface area contributed by atoms with Gasteiger partial charge in [-0.1, -0.05) is 6.07 Å². The molecule has 0 heterocycles. The summed E-state index contributed by atoms with van der Waals surface area (Å²) in [6, 6.07) is 3.19. The van der Waals surface area contributed by atoms with Gasteiger partial charge in [0.25, 0.3) is 0 Å². The zero-order chi connectivity index (χ0) is 20.1. The van der Waals surface area contributed by atoms with E-state index in [4.69, 9.17) is 10.5 Å². The van der Waals surface area contributed by atoms with Gasteiger partial charge in [-0.3, -0.25) is 0 Å². The van der Waals surface area contributed by atoms with Crippen LogP contribution in [0.5, 0.6) is 5.75 Å². The Balaban J connectivity index is 2.59. The molecule has 10 heteroatoms. The molecule has 0 saturated heterocycles. The summed E-state index contributed by atoms with van der Waals surface area (Å²) in [4.78, 5) is 11.5. The van der Waals surface area contributed by atoms with Crippen molar-refractivity contribution in [3.8, 4) is 5.75 Å². The number of hydrogen-bond donors (Lipinski definition) is 4. The quantitative estimate of drug-likeness (QED) is 0.564. The highest BCUT2D eigenvalue weighted by Crippen LogP contribution is 2.31. The Kier molecular flexibility index (Phi) is 7.10. The maximum Gasteiger partial charge on any atom is 0.573 e. The lowest BCUT2D eigenvalue weighted by molar-refractivity contribution is -0.274. The number of ether oxygens (including phenoxy) is 2. The number of carbonyl (C=O) groups is 1. The van der Waals surface area contributed by atoms with Crippen LogP contribution in [0.3, 0.4) is 0 Å². The first-order valence-corrected chi connectivity index (χ1v) is 7.76. The molecular weight excluding hydrogens is 357 g/mol. The molecule has 2 unspecified atom stereocenters. The first-order chi connectivity index (χ1) is 11.8. The molecule has 0 radical (unpaired) electrons. The van der Waals surface area contributed by atoms with Crippen molar-refractivity contribution >= 4 is 11.8 Å². The van der Waals surface area contributed by atoms with Gasteiger partial charge in [-0.05, 0) is 44.9 Å². The maximum atomic E-state index is 12.2. The highest BCUT2D eigenvalue weighted by Gasteiger charge is 2.32. The number of benzene rings is 1. The molecule has 0 saturated carbocycles. The predicted molar refractivity (Wildman–Crippen MR) is 87.4 cm³/mol. The van der Waals surface area contributed by atoms with E-state index in [1.807, 2.05) is 0 Å². The Labute approximate surface area is 148 Å². The van der Waals surface area contributed by atoms with E-state index in [0.29, 0.717) is 0 Å². The van der Waals surface area contributed by atoms with E-state index >= 15 is 0 Å². The summed E-state index contributed by atoms with van der Waals surface area (Å²) in [5.41, 5.74) is 4.58. The zero-order valence-electron chi connectivity index (χ0n) is 14.6. The van der Waals surface area contributed by atoms with Gasteiger partial charge in [0, 0.05) is 6.54 Å². The molecular formula is C16H23F3N2O5.